The van der Waals surface area contributed by atoms with Gasteiger partial charge in [-0.15, -0.1) is 0 Å². The van der Waals surface area contributed by atoms with E-state index in [0.717, 1.165) is 31.0 Å². The first-order valence-corrected chi connectivity index (χ1v) is 10.1. The quantitative estimate of drug-likeness (QED) is 0.773. The molecule has 0 spiro atoms. The average molecular weight is 416 g/mol. The maximum atomic E-state index is 13.9. The molecule has 7 heteroatoms. The second kappa shape index (κ2) is 9.69. The molecule has 0 bridgehead atoms. The fourth-order valence-electron chi connectivity index (χ4n) is 3.48. The molecule has 0 radical (unpaired) electrons. The third-order valence-corrected chi connectivity index (χ3v) is 4.99. The molecule has 1 fully saturated rings. The second-order valence-corrected chi connectivity index (χ2v) is 7.85. The maximum Gasteiger partial charge on any atom is 0.256 e. The van der Waals surface area contributed by atoms with E-state index in [2.05, 4.69) is 5.32 Å². The van der Waals surface area contributed by atoms with Gasteiger partial charge in [0.15, 0.2) is 0 Å². The van der Waals surface area contributed by atoms with Crippen LogP contribution >= 0.6 is 0 Å². The highest BCUT2D eigenvalue weighted by Crippen LogP contribution is 2.22. The molecule has 1 aliphatic heterocycles. The van der Waals surface area contributed by atoms with Gasteiger partial charge < -0.3 is 15.0 Å². The molecular formula is C23H26F2N2O3. The summed E-state index contributed by atoms with van der Waals surface area (Å²) >= 11 is 0. The molecule has 1 N–H and O–H groups in total. The lowest BCUT2D eigenvalue weighted by molar-refractivity contribution is 0.0628. The van der Waals surface area contributed by atoms with Crippen molar-refractivity contribution in [3.63, 3.8) is 0 Å². The van der Waals surface area contributed by atoms with Crippen molar-refractivity contribution in [3.05, 3.63) is 65.2 Å². The number of piperidine rings is 1. The minimum absolute atomic E-state index is 0.0613. The molecule has 1 saturated heterocycles. The van der Waals surface area contributed by atoms with Crippen LogP contribution in [0.25, 0.3) is 0 Å². The Labute approximate surface area is 175 Å². The van der Waals surface area contributed by atoms with Gasteiger partial charge in [0.05, 0.1) is 12.2 Å². The van der Waals surface area contributed by atoms with E-state index in [1.807, 2.05) is 13.8 Å². The molecule has 1 atom stereocenters. The first kappa shape index (κ1) is 21.7. The van der Waals surface area contributed by atoms with Gasteiger partial charge in [-0.05, 0) is 69.2 Å². The minimum atomic E-state index is -0.721. The fourth-order valence-corrected chi connectivity index (χ4v) is 3.48. The van der Waals surface area contributed by atoms with Crippen LogP contribution in [0.1, 0.15) is 47.4 Å². The summed E-state index contributed by atoms with van der Waals surface area (Å²) in [6.07, 6.45) is 1.65. The first-order chi connectivity index (χ1) is 14.3. The van der Waals surface area contributed by atoms with Crippen LogP contribution in [0.3, 0.4) is 0 Å². The Kier molecular flexibility index (Phi) is 7.03. The number of halogens is 2. The van der Waals surface area contributed by atoms with E-state index < -0.39 is 17.5 Å². The number of amides is 2. The summed E-state index contributed by atoms with van der Waals surface area (Å²) in [6, 6.07) is 9.86. The van der Waals surface area contributed by atoms with Crippen molar-refractivity contribution in [2.24, 2.45) is 5.92 Å². The van der Waals surface area contributed by atoms with E-state index in [9.17, 15) is 18.4 Å². The lowest BCUT2D eigenvalue weighted by Gasteiger charge is -2.32. The lowest BCUT2D eigenvalue weighted by atomic mass is 9.98. The molecule has 2 aromatic rings. The van der Waals surface area contributed by atoms with Gasteiger partial charge in [-0.2, -0.15) is 0 Å². The highest BCUT2D eigenvalue weighted by atomic mass is 19.1. The number of hydrogen-bond acceptors (Lipinski definition) is 3. The van der Waals surface area contributed by atoms with Crippen molar-refractivity contribution >= 4 is 11.8 Å². The van der Waals surface area contributed by atoms with E-state index in [-0.39, 0.29) is 23.4 Å². The third-order valence-electron chi connectivity index (χ3n) is 4.99. The highest BCUT2D eigenvalue weighted by molar-refractivity contribution is 5.95. The topological polar surface area (TPSA) is 58.6 Å². The second-order valence-electron chi connectivity index (χ2n) is 7.85. The minimum Gasteiger partial charge on any atom is -0.493 e. The van der Waals surface area contributed by atoms with Gasteiger partial charge in [0.1, 0.15) is 17.4 Å². The van der Waals surface area contributed by atoms with Gasteiger partial charge in [0.2, 0.25) is 0 Å². The summed E-state index contributed by atoms with van der Waals surface area (Å²) in [5, 5.41) is 2.83. The van der Waals surface area contributed by atoms with Crippen molar-refractivity contribution in [3.8, 4) is 5.75 Å². The number of ether oxygens (including phenoxy) is 1. The van der Waals surface area contributed by atoms with Gasteiger partial charge in [0.25, 0.3) is 11.8 Å². The number of rotatable bonds is 6. The Morgan fingerprint density at radius 2 is 1.90 bits per heavy atom. The van der Waals surface area contributed by atoms with Crippen molar-refractivity contribution < 1.29 is 23.1 Å². The molecular weight excluding hydrogens is 390 g/mol. The molecule has 2 amide bonds. The third kappa shape index (κ3) is 5.55. The van der Waals surface area contributed by atoms with Crippen LogP contribution in [0, 0.1) is 17.6 Å². The van der Waals surface area contributed by atoms with Crippen LogP contribution in [-0.2, 0) is 0 Å². The summed E-state index contributed by atoms with van der Waals surface area (Å²) in [4.78, 5) is 26.2. The highest BCUT2D eigenvalue weighted by Gasteiger charge is 2.27. The number of likely N-dealkylation sites (tertiary alicyclic amines) is 1. The van der Waals surface area contributed by atoms with E-state index in [4.69, 9.17) is 4.74 Å². The molecule has 0 aliphatic carbocycles. The molecule has 2 aromatic carbocycles. The Hall–Kier alpha value is -2.96. The van der Waals surface area contributed by atoms with Gasteiger partial charge in [-0.3, -0.25) is 9.59 Å². The number of carbonyl (C=O) groups is 2. The van der Waals surface area contributed by atoms with Crippen LogP contribution in [-0.4, -0.2) is 42.5 Å². The zero-order chi connectivity index (χ0) is 21.7. The van der Waals surface area contributed by atoms with E-state index in [0.29, 0.717) is 31.0 Å². The monoisotopic (exact) mass is 416 g/mol. The molecule has 1 heterocycles. The Balaban J connectivity index is 1.56. The Bertz CT molecular complexity index is 900. The molecule has 0 saturated carbocycles. The lowest BCUT2D eigenvalue weighted by Crippen LogP contribution is -2.41. The number of nitrogens with zero attached hydrogens (tertiary/aromatic N) is 1. The number of nitrogens with one attached hydrogen (secondary N) is 1. The van der Waals surface area contributed by atoms with Crippen LogP contribution in [0.5, 0.6) is 5.75 Å². The zero-order valence-corrected chi connectivity index (χ0v) is 17.2. The zero-order valence-electron chi connectivity index (χ0n) is 17.2. The van der Waals surface area contributed by atoms with Gasteiger partial charge in [0, 0.05) is 30.6 Å². The average Bonchev–Trinajstić information content (AvgIpc) is 2.73. The van der Waals surface area contributed by atoms with Crippen molar-refractivity contribution in [1.82, 2.24) is 10.2 Å². The molecule has 0 aromatic heterocycles. The van der Waals surface area contributed by atoms with Crippen LogP contribution in [0.2, 0.25) is 0 Å². The van der Waals surface area contributed by atoms with Crippen LogP contribution in [0.4, 0.5) is 8.78 Å². The van der Waals surface area contributed by atoms with Gasteiger partial charge >= 0.3 is 0 Å². The standard InChI is InChI=1S/C23H26F2N2O3/c1-15(2)26-22(28)17-5-8-19(9-6-17)30-14-16-4-3-11-27(13-16)23(29)20-12-18(24)7-10-21(20)25/h5-10,12,15-16H,3-4,11,13-14H2,1-2H3,(H,26,28)/t16-/m0/s1. The summed E-state index contributed by atoms with van der Waals surface area (Å²) in [5.41, 5.74) is 0.314. The van der Waals surface area contributed by atoms with E-state index in [1.54, 1.807) is 29.2 Å². The van der Waals surface area contributed by atoms with E-state index in [1.165, 1.54) is 0 Å². The van der Waals surface area contributed by atoms with Crippen molar-refractivity contribution in [2.45, 2.75) is 32.7 Å². The molecule has 0 unspecified atom stereocenters. The molecule has 1 aliphatic rings. The summed E-state index contributed by atoms with van der Waals surface area (Å²) in [5.74, 6) is -1.28. The molecule has 3 rings (SSSR count). The SMILES string of the molecule is CC(C)NC(=O)c1ccc(OC[C@H]2CCCN(C(=O)c3cc(F)ccc3F)C2)cc1. The number of hydrogen-bond donors (Lipinski definition) is 1. The van der Waals surface area contributed by atoms with Crippen LogP contribution in [0.15, 0.2) is 42.5 Å². The van der Waals surface area contributed by atoms with Crippen molar-refractivity contribution in [1.29, 1.82) is 0 Å². The Morgan fingerprint density at radius 3 is 2.60 bits per heavy atom. The summed E-state index contributed by atoms with van der Waals surface area (Å²) in [7, 11) is 0. The van der Waals surface area contributed by atoms with Crippen molar-refractivity contribution in [2.75, 3.05) is 19.7 Å². The predicted octanol–water partition coefficient (Wildman–Crippen LogP) is 4.03. The number of benzene rings is 2. The van der Waals surface area contributed by atoms with E-state index >= 15 is 0 Å². The molecule has 160 valence electrons. The predicted molar refractivity (Wildman–Crippen MR) is 110 cm³/mol. The maximum absolute atomic E-state index is 13.9. The van der Waals surface area contributed by atoms with Crippen LogP contribution < -0.4 is 10.1 Å². The smallest absolute Gasteiger partial charge is 0.256 e. The largest absolute Gasteiger partial charge is 0.493 e. The Morgan fingerprint density at radius 1 is 1.17 bits per heavy atom. The normalized spacial score (nSPS) is 16.4. The number of carbonyl (C=O) groups excluding carboxylic acids is 2. The summed E-state index contributed by atoms with van der Waals surface area (Å²) < 4.78 is 33.2. The molecule has 30 heavy (non-hydrogen) atoms. The van der Waals surface area contributed by atoms with Gasteiger partial charge in [-0.1, -0.05) is 0 Å². The van der Waals surface area contributed by atoms with Gasteiger partial charge in [-0.25, -0.2) is 8.78 Å². The summed E-state index contributed by atoms with van der Waals surface area (Å²) in [6.45, 7) is 5.12. The molecule has 5 nitrogen and oxygen atoms in total. The fraction of sp³-hybridized carbons (Fsp3) is 0.391. The first-order valence-electron chi connectivity index (χ1n) is 10.1.